The highest BCUT2D eigenvalue weighted by molar-refractivity contribution is 5.97. The van der Waals surface area contributed by atoms with E-state index in [2.05, 4.69) is 24.4 Å². The summed E-state index contributed by atoms with van der Waals surface area (Å²) in [5.41, 5.74) is 2.86. The van der Waals surface area contributed by atoms with Crippen molar-refractivity contribution in [2.45, 2.75) is 19.8 Å². The zero-order chi connectivity index (χ0) is 15.2. The number of benzene rings is 2. The largest absolute Gasteiger partial charge is 0.496 e. The molecule has 0 aliphatic rings. The van der Waals surface area contributed by atoms with Crippen LogP contribution in [0.5, 0.6) is 5.75 Å². The average Bonchev–Trinajstić information content (AvgIpc) is 2.52. The smallest absolute Gasteiger partial charge is 0.255 e. The Morgan fingerprint density at radius 1 is 1.19 bits per heavy atom. The molecule has 110 valence electrons. The van der Waals surface area contributed by atoms with Crippen LogP contribution in [0.3, 0.4) is 0 Å². The fourth-order valence-electron chi connectivity index (χ4n) is 2.23. The van der Waals surface area contributed by atoms with Gasteiger partial charge in [-0.15, -0.1) is 0 Å². The van der Waals surface area contributed by atoms with E-state index in [-0.39, 0.29) is 11.8 Å². The molecule has 3 heteroatoms. The molecule has 0 bridgehead atoms. The summed E-state index contributed by atoms with van der Waals surface area (Å²) in [6.07, 6.45) is 0. The molecule has 21 heavy (non-hydrogen) atoms. The van der Waals surface area contributed by atoms with Crippen molar-refractivity contribution in [3.8, 4) is 5.75 Å². The predicted molar refractivity (Wildman–Crippen MR) is 84.9 cm³/mol. The summed E-state index contributed by atoms with van der Waals surface area (Å²) >= 11 is 0. The number of amides is 1. The van der Waals surface area contributed by atoms with E-state index in [1.807, 2.05) is 37.3 Å². The van der Waals surface area contributed by atoms with Crippen molar-refractivity contribution in [1.82, 2.24) is 5.32 Å². The van der Waals surface area contributed by atoms with Gasteiger partial charge in [0.05, 0.1) is 12.7 Å². The first kappa shape index (κ1) is 15.1. The standard InChI is InChI=1S/C18H21NO2/c1-13-9-10-16(17(11-13)21-3)18(20)19-12-14(2)15-7-5-4-6-8-15/h4-11,14H,12H2,1-3H3,(H,19,20). The first-order valence-electron chi connectivity index (χ1n) is 7.09. The van der Waals surface area contributed by atoms with E-state index in [0.29, 0.717) is 17.9 Å². The molecule has 2 aromatic rings. The number of hydrogen-bond acceptors (Lipinski definition) is 2. The van der Waals surface area contributed by atoms with E-state index < -0.39 is 0 Å². The number of aryl methyl sites for hydroxylation is 1. The number of methoxy groups -OCH3 is 1. The third-order valence-electron chi connectivity index (χ3n) is 3.54. The van der Waals surface area contributed by atoms with E-state index in [4.69, 9.17) is 4.74 Å². The lowest BCUT2D eigenvalue weighted by molar-refractivity contribution is 0.0948. The molecule has 0 aliphatic heterocycles. The van der Waals surface area contributed by atoms with Crippen LogP contribution in [0.1, 0.15) is 34.3 Å². The second-order valence-corrected chi connectivity index (χ2v) is 5.23. The lowest BCUT2D eigenvalue weighted by Gasteiger charge is -2.14. The van der Waals surface area contributed by atoms with Gasteiger partial charge in [0.15, 0.2) is 0 Å². The second-order valence-electron chi connectivity index (χ2n) is 5.23. The van der Waals surface area contributed by atoms with Crippen LogP contribution in [0, 0.1) is 6.92 Å². The molecule has 0 saturated carbocycles. The molecule has 2 aromatic carbocycles. The molecule has 1 unspecified atom stereocenters. The van der Waals surface area contributed by atoms with Crippen molar-refractivity contribution in [2.24, 2.45) is 0 Å². The average molecular weight is 283 g/mol. The molecule has 1 amide bonds. The maximum Gasteiger partial charge on any atom is 0.255 e. The van der Waals surface area contributed by atoms with Crippen LogP contribution < -0.4 is 10.1 Å². The quantitative estimate of drug-likeness (QED) is 0.911. The normalized spacial score (nSPS) is 11.8. The van der Waals surface area contributed by atoms with E-state index in [1.165, 1.54) is 5.56 Å². The fraction of sp³-hybridized carbons (Fsp3) is 0.278. The highest BCUT2D eigenvalue weighted by Crippen LogP contribution is 2.20. The maximum absolute atomic E-state index is 12.3. The first-order chi connectivity index (χ1) is 10.1. The van der Waals surface area contributed by atoms with Crippen LogP contribution in [0.15, 0.2) is 48.5 Å². The van der Waals surface area contributed by atoms with Crippen LogP contribution in [-0.4, -0.2) is 19.6 Å². The van der Waals surface area contributed by atoms with Gasteiger partial charge in [-0.25, -0.2) is 0 Å². The third-order valence-corrected chi connectivity index (χ3v) is 3.54. The van der Waals surface area contributed by atoms with Crippen molar-refractivity contribution >= 4 is 5.91 Å². The lowest BCUT2D eigenvalue weighted by atomic mass is 10.0. The van der Waals surface area contributed by atoms with Gasteiger partial charge < -0.3 is 10.1 Å². The van der Waals surface area contributed by atoms with Gasteiger partial charge in [-0.3, -0.25) is 4.79 Å². The van der Waals surface area contributed by atoms with Crippen molar-refractivity contribution in [1.29, 1.82) is 0 Å². The number of rotatable bonds is 5. The lowest BCUT2D eigenvalue weighted by Crippen LogP contribution is -2.27. The van der Waals surface area contributed by atoms with Crippen molar-refractivity contribution in [2.75, 3.05) is 13.7 Å². The van der Waals surface area contributed by atoms with Crippen LogP contribution >= 0.6 is 0 Å². The first-order valence-corrected chi connectivity index (χ1v) is 7.09. The van der Waals surface area contributed by atoms with Gasteiger partial charge in [-0.1, -0.05) is 43.3 Å². The van der Waals surface area contributed by atoms with E-state index in [9.17, 15) is 4.79 Å². The van der Waals surface area contributed by atoms with Crippen molar-refractivity contribution < 1.29 is 9.53 Å². The van der Waals surface area contributed by atoms with E-state index >= 15 is 0 Å². The van der Waals surface area contributed by atoms with Gasteiger partial charge >= 0.3 is 0 Å². The summed E-state index contributed by atoms with van der Waals surface area (Å²) in [7, 11) is 1.58. The summed E-state index contributed by atoms with van der Waals surface area (Å²) in [6, 6.07) is 15.7. The Morgan fingerprint density at radius 3 is 2.57 bits per heavy atom. The number of nitrogens with one attached hydrogen (secondary N) is 1. The van der Waals surface area contributed by atoms with Crippen molar-refractivity contribution in [3.63, 3.8) is 0 Å². The molecule has 0 aliphatic carbocycles. The van der Waals surface area contributed by atoms with Gasteiger partial charge in [-0.05, 0) is 36.1 Å². The minimum absolute atomic E-state index is 0.102. The highest BCUT2D eigenvalue weighted by Gasteiger charge is 2.13. The zero-order valence-corrected chi connectivity index (χ0v) is 12.7. The number of carbonyl (C=O) groups excluding carboxylic acids is 1. The summed E-state index contributed by atoms with van der Waals surface area (Å²) in [5.74, 6) is 0.779. The maximum atomic E-state index is 12.3. The Balaban J connectivity index is 2.02. The minimum atomic E-state index is -0.102. The van der Waals surface area contributed by atoms with Gasteiger partial charge in [-0.2, -0.15) is 0 Å². The minimum Gasteiger partial charge on any atom is -0.496 e. The summed E-state index contributed by atoms with van der Waals surface area (Å²) in [4.78, 5) is 12.3. The third kappa shape index (κ3) is 3.85. The number of ether oxygens (including phenoxy) is 1. The summed E-state index contributed by atoms with van der Waals surface area (Å²) in [5, 5.41) is 2.97. The second kappa shape index (κ2) is 6.93. The SMILES string of the molecule is COc1cc(C)ccc1C(=O)NCC(C)c1ccccc1. The number of carbonyl (C=O) groups is 1. The van der Waals surface area contributed by atoms with Gasteiger partial charge in [0.2, 0.25) is 0 Å². The Hall–Kier alpha value is -2.29. The monoisotopic (exact) mass is 283 g/mol. The Kier molecular flexibility index (Phi) is 4.99. The van der Waals surface area contributed by atoms with Crippen molar-refractivity contribution in [3.05, 3.63) is 65.2 Å². The van der Waals surface area contributed by atoms with Gasteiger partial charge in [0.1, 0.15) is 5.75 Å². The van der Waals surface area contributed by atoms with Crippen LogP contribution in [0.25, 0.3) is 0 Å². The Bertz CT molecular complexity index is 608. The topological polar surface area (TPSA) is 38.3 Å². The molecule has 0 saturated heterocycles. The van der Waals surface area contributed by atoms with Crippen LogP contribution in [0.4, 0.5) is 0 Å². The summed E-state index contributed by atoms with van der Waals surface area (Å²) in [6.45, 7) is 4.67. The Morgan fingerprint density at radius 2 is 1.90 bits per heavy atom. The number of hydrogen-bond donors (Lipinski definition) is 1. The molecule has 2 rings (SSSR count). The molecule has 0 spiro atoms. The van der Waals surface area contributed by atoms with Gasteiger partial charge in [0.25, 0.3) is 5.91 Å². The Labute approximate surface area is 126 Å². The molecular weight excluding hydrogens is 262 g/mol. The molecule has 0 radical (unpaired) electrons. The summed E-state index contributed by atoms with van der Waals surface area (Å²) < 4.78 is 5.28. The molecule has 3 nitrogen and oxygen atoms in total. The van der Waals surface area contributed by atoms with E-state index in [0.717, 1.165) is 5.56 Å². The van der Waals surface area contributed by atoms with E-state index in [1.54, 1.807) is 13.2 Å². The molecular formula is C18H21NO2. The van der Waals surface area contributed by atoms with Crippen LogP contribution in [0.2, 0.25) is 0 Å². The van der Waals surface area contributed by atoms with Crippen LogP contribution in [-0.2, 0) is 0 Å². The molecule has 0 aromatic heterocycles. The van der Waals surface area contributed by atoms with Gasteiger partial charge in [0, 0.05) is 6.54 Å². The molecule has 1 N–H and O–H groups in total. The molecule has 0 fully saturated rings. The zero-order valence-electron chi connectivity index (χ0n) is 12.7. The molecule has 1 atom stereocenters. The predicted octanol–water partition coefficient (Wildman–Crippen LogP) is 3.54. The molecule has 0 heterocycles. The fourth-order valence-corrected chi connectivity index (χ4v) is 2.23. The highest BCUT2D eigenvalue weighted by atomic mass is 16.5.